The number of ether oxygens (including phenoxy) is 1. The van der Waals surface area contributed by atoms with E-state index in [1.165, 1.54) is 0 Å². The van der Waals surface area contributed by atoms with Crippen LogP contribution in [0, 0.1) is 0 Å². The van der Waals surface area contributed by atoms with E-state index in [9.17, 15) is 14.7 Å². The lowest BCUT2D eigenvalue weighted by molar-refractivity contribution is 0.0198. The molecule has 0 spiro atoms. The minimum Gasteiger partial charge on any atom is -0.478 e. The van der Waals surface area contributed by atoms with Gasteiger partial charge in [0.05, 0.1) is 5.56 Å². The number of amides is 1. The zero-order valence-corrected chi connectivity index (χ0v) is 13.3. The predicted molar refractivity (Wildman–Crippen MR) is 83.2 cm³/mol. The predicted octanol–water partition coefficient (Wildman–Crippen LogP) is 3.50. The number of carbonyl (C=O) groups excluding carboxylic acids is 1. The van der Waals surface area contributed by atoms with E-state index in [4.69, 9.17) is 4.74 Å². The number of likely N-dealkylation sites (tertiary alicyclic amines) is 1. The van der Waals surface area contributed by atoms with Crippen LogP contribution in [0.25, 0.3) is 0 Å². The van der Waals surface area contributed by atoms with Crippen LogP contribution in [0.3, 0.4) is 0 Å². The Morgan fingerprint density at radius 3 is 2.59 bits per heavy atom. The van der Waals surface area contributed by atoms with Gasteiger partial charge in [-0.25, -0.2) is 9.59 Å². The van der Waals surface area contributed by atoms with Crippen molar-refractivity contribution >= 4 is 12.1 Å². The van der Waals surface area contributed by atoms with Crippen LogP contribution in [-0.2, 0) is 4.74 Å². The van der Waals surface area contributed by atoms with Crippen molar-refractivity contribution in [3.63, 3.8) is 0 Å². The highest BCUT2D eigenvalue weighted by Gasteiger charge is 2.29. The molecular weight excluding hydrogens is 282 g/mol. The molecule has 5 nitrogen and oxygen atoms in total. The van der Waals surface area contributed by atoms with E-state index in [2.05, 4.69) is 0 Å². The molecule has 1 fully saturated rings. The second-order valence-electron chi connectivity index (χ2n) is 6.66. The second-order valence-corrected chi connectivity index (χ2v) is 6.66. The molecule has 0 radical (unpaired) electrons. The molecule has 2 rings (SSSR count). The summed E-state index contributed by atoms with van der Waals surface area (Å²) in [6.07, 6.45) is 1.39. The Morgan fingerprint density at radius 2 is 1.95 bits per heavy atom. The van der Waals surface area contributed by atoms with Crippen molar-refractivity contribution in [2.75, 3.05) is 13.1 Å². The maximum absolute atomic E-state index is 12.2. The number of piperidine rings is 1. The molecule has 1 N–H and O–H groups in total. The highest BCUT2D eigenvalue weighted by atomic mass is 16.6. The van der Waals surface area contributed by atoms with Crippen molar-refractivity contribution < 1.29 is 19.4 Å². The quantitative estimate of drug-likeness (QED) is 0.908. The summed E-state index contributed by atoms with van der Waals surface area (Å²) < 4.78 is 5.41. The molecule has 1 aromatic rings. The largest absolute Gasteiger partial charge is 0.478 e. The molecular formula is C17H23NO4. The molecule has 0 saturated carbocycles. The minimum absolute atomic E-state index is 0.0357. The van der Waals surface area contributed by atoms with Crippen molar-refractivity contribution in [2.24, 2.45) is 0 Å². The zero-order chi connectivity index (χ0) is 16.3. The first-order chi connectivity index (χ1) is 10.3. The highest BCUT2D eigenvalue weighted by Crippen LogP contribution is 2.30. The van der Waals surface area contributed by atoms with Crippen LogP contribution in [0.4, 0.5) is 4.79 Å². The van der Waals surface area contributed by atoms with E-state index in [0.717, 1.165) is 18.4 Å². The Kier molecular flexibility index (Phi) is 4.74. The molecule has 1 saturated heterocycles. The fourth-order valence-corrected chi connectivity index (χ4v) is 2.77. The third-order valence-electron chi connectivity index (χ3n) is 3.70. The smallest absolute Gasteiger partial charge is 0.410 e. The Labute approximate surface area is 130 Å². The van der Waals surface area contributed by atoms with Gasteiger partial charge in [-0.3, -0.25) is 0 Å². The molecule has 1 heterocycles. The molecule has 1 atom stereocenters. The van der Waals surface area contributed by atoms with Crippen LogP contribution >= 0.6 is 0 Å². The molecule has 5 heteroatoms. The summed E-state index contributed by atoms with van der Waals surface area (Å²) in [5.41, 5.74) is 0.588. The number of rotatable bonds is 2. The van der Waals surface area contributed by atoms with E-state index >= 15 is 0 Å². The van der Waals surface area contributed by atoms with Crippen LogP contribution in [0.1, 0.15) is 55.5 Å². The van der Waals surface area contributed by atoms with E-state index in [1.807, 2.05) is 32.9 Å². The number of carbonyl (C=O) groups is 2. The Morgan fingerprint density at radius 1 is 1.27 bits per heavy atom. The summed E-state index contributed by atoms with van der Waals surface area (Å²) in [6, 6.07) is 7.02. The molecule has 0 aromatic heterocycles. The number of hydrogen-bond donors (Lipinski definition) is 1. The number of aromatic carboxylic acids is 1. The van der Waals surface area contributed by atoms with Crippen molar-refractivity contribution in [2.45, 2.75) is 45.1 Å². The summed E-state index contributed by atoms with van der Waals surface area (Å²) in [7, 11) is 0. The molecule has 0 bridgehead atoms. The molecule has 1 aliphatic heterocycles. The Balaban J connectivity index is 2.14. The monoisotopic (exact) mass is 305 g/mol. The summed E-state index contributed by atoms with van der Waals surface area (Å²) in [5.74, 6) is -0.890. The van der Waals surface area contributed by atoms with Crippen molar-refractivity contribution in [3.8, 4) is 0 Å². The van der Waals surface area contributed by atoms with Gasteiger partial charge in [-0.15, -0.1) is 0 Å². The van der Waals surface area contributed by atoms with Gasteiger partial charge in [-0.2, -0.15) is 0 Å². The number of benzene rings is 1. The summed E-state index contributed by atoms with van der Waals surface area (Å²) in [5, 5.41) is 9.32. The van der Waals surface area contributed by atoms with E-state index in [1.54, 1.807) is 17.0 Å². The highest BCUT2D eigenvalue weighted by molar-refractivity contribution is 5.89. The van der Waals surface area contributed by atoms with Gasteiger partial charge in [-0.1, -0.05) is 18.2 Å². The van der Waals surface area contributed by atoms with Crippen LogP contribution < -0.4 is 0 Å². The van der Waals surface area contributed by atoms with Gasteiger partial charge in [0.1, 0.15) is 5.60 Å². The standard InChI is InChI=1S/C17H23NO4/c1-17(2,3)22-16(21)18-10-6-7-12(11-18)13-8-4-5-9-14(13)15(19)20/h4-5,8-9,12H,6-7,10-11H2,1-3H3,(H,19,20)/t12-/m0/s1. The summed E-state index contributed by atoms with van der Waals surface area (Å²) in [4.78, 5) is 25.2. The van der Waals surface area contributed by atoms with Gasteiger partial charge in [0.15, 0.2) is 0 Å². The van der Waals surface area contributed by atoms with Gasteiger partial charge in [0.25, 0.3) is 0 Å². The number of hydrogen-bond acceptors (Lipinski definition) is 3. The average Bonchev–Trinajstić information content (AvgIpc) is 2.45. The van der Waals surface area contributed by atoms with Crippen molar-refractivity contribution in [3.05, 3.63) is 35.4 Å². The normalized spacial score (nSPS) is 18.9. The first-order valence-electron chi connectivity index (χ1n) is 7.58. The van der Waals surface area contributed by atoms with Gasteiger partial charge in [-0.05, 0) is 45.2 Å². The average molecular weight is 305 g/mol. The third kappa shape index (κ3) is 4.00. The number of nitrogens with zero attached hydrogens (tertiary/aromatic N) is 1. The number of carboxylic acid groups (broad SMARTS) is 1. The van der Waals surface area contributed by atoms with Crippen molar-refractivity contribution in [1.29, 1.82) is 0 Å². The van der Waals surface area contributed by atoms with Crippen LogP contribution in [0.5, 0.6) is 0 Å². The van der Waals surface area contributed by atoms with Gasteiger partial charge in [0.2, 0.25) is 0 Å². The maximum atomic E-state index is 12.2. The van der Waals surface area contributed by atoms with Crippen LogP contribution in [0.2, 0.25) is 0 Å². The van der Waals surface area contributed by atoms with Crippen molar-refractivity contribution in [1.82, 2.24) is 4.90 Å². The first-order valence-corrected chi connectivity index (χ1v) is 7.58. The second kappa shape index (κ2) is 6.38. The lowest BCUT2D eigenvalue weighted by Gasteiger charge is -2.34. The third-order valence-corrected chi connectivity index (χ3v) is 3.70. The SMILES string of the molecule is CC(C)(C)OC(=O)N1CCC[C@H](c2ccccc2C(=O)O)C1. The molecule has 1 amide bonds. The van der Waals surface area contributed by atoms with Crippen LogP contribution in [0.15, 0.2) is 24.3 Å². The lowest BCUT2D eigenvalue weighted by atomic mass is 9.87. The fraction of sp³-hybridized carbons (Fsp3) is 0.529. The van der Waals surface area contributed by atoms with E-state index in [0.29, 0.717) is 18.7 Å². The molecule has 1 aliphatic rings. The molecule has 120 valence electrons. The molecule has 1 aromatic carbocycles. The Hall–Kier alpha value is -2.04. The molecule has 22 heavy (non-hydrogen) atoms. The summed E-state index contributed by atoms with van der Waals surface area (Å²) >= 11 is 0. The van der Waals surface area contributed by atoms with Gasteiger partial charge < -0.3 is 14.7 Å². The Bertz CT molecular complexity index is 562. The summed E-state index contributed by atoms with van der Waals surface area (Å²) in [6.45, 7) is 6.67. The molecule has 0 unspecified atom stereocenters. The zero-order valence-electron chi connectivity index (χ0n) is 13.3. The maximum Gasteiger partial charge on any atom is 0.410 e. The minimum atomic E-state index is -0.926. The van der Waals surface area contributed by atoms with E-state index < -0.39 is 11.6 Å². The first kappa shape index (κ1) is 16.3. The van der Waals surface area contributed by atoms with Gasteiger partial charge >= 0.3 is 12.1 Å². The fourth-order valence-electron chi connectivity index (χ4n) is 2.77. The lowest BCUT2D eigenvalue weighted by Crippen LogP contribution is -2.42. The van der Waals surface area contributed by atoms with Crippen LogP contribution in [-0.4, -0.2) is 40.8 Å². The molecule has 0 aliphatic carbocycles. The number of carboxylic acids is 1. The van der Waals surface area contributed by atoms with E-state index in [-0.39, 0.29) is 12.0 Å². The van der Waals surface area contributed by atoms with Gasteiger partial charge in [0, 0.05) is 19.0 Å². The topological polar surface area (TPSA) is 66.8 Å².